The van der Waals surface area contributed by atoms with Crippen LogP contribution in [0, 0.1) is 10.8 Å². The van der Waals surface area contributed by atoms with Crippen molar-refractivity contribution in [3.05, 3.63) is 89.4 Å². The van der Waals surface area contributed by atoms with Gasteiger partial charge < -0.3 is 22.6 Å². The van der Waals surface area contributed by atoms with Gasteiger partial charge in [-0.25, -0.2) is 0 Å². The van der Waals surface area contributed by atoms with Gasteiger partial charge in [-0.05, 0) is 41.0 Å². The lowest BCUT2D eigenvalue weighted by Gasteiger charge is -2.19. The molecule has 34 heavy (non-hydrogen) atoms. The van der Waals surface area contributed by atoms with Crippen LogP contribution in [0.4, 0.5) is 5.69 Å². The van der Waals surface area contributed by atoms with E-state index in [4.69, 9.17) is 28.0 Å². The summed E-state index contributed by atoms with van der Waals surface area (Å²) in [6.07, 6.45) is 7.94. The maximum Gasteiger partial charge on any atom is 0.0862 e. The van der Waals surface area contributed by atoms with Gasteiger partial charge in [-0.3, -0.25) is 20.3 Å². The van der Waals surface area contributed by atoms with Gasteiger partial charge in [0.2, 0.25) is 0 Å². The maximum absolute atomic E-state index is 8.66. The topological polar surface area (TPSA) is 154 Å². The van der Waals surface area contributed by atoms with Crippen LogP contribution in [0.2, 0.25) is 0 Å². The first kappa shape index (κ1) is 24.3. The van der Waals surface area contributed by atoms with Gasteiger partial charge in [0.1, 0.15) is 0 Å². The SMILES string of the molecule is N=CCN(CCN=CN)Cc1cccc(/C=C(\N)C(=N)c2cc(-c3cccnc3)ccc2N)c1. The van der Waals surface area contributed by atoms with E-state index in [0.29, 0.717) is 43.1 Å². The standard InChI is InChI=1S/C26H30N8/c27-8-11-34(12-10-33-18-28)17-20-4-1-3-19(13-20)14-25(30)26(31)23-15-21(6-7-24(23)29)22-5-2-9-32-16-22/h1-9,13-16,18,27,31H,10-12,17,29-30H2,(H2,28,33)/b25-14-,27-8?,31-26?. The van der Waals surface area contributed by atoms with Crippen molar-refractivity contribution in [2.24, 2.45) is 16.5 Å². The van der Waals surface area contributed by atoms with E-state index in [2.05, 4.69) is 14.9 Å². The molecule has 0 radical (unpaired) electrons. The minimum absolute atomic E-state index is 0.165. The molecule has 0 aliphatic carbocycles. The van der Waals surface area contributed by atoms with E-state index < -0.39 is 0 Å². The highest BCUT2D eigenvalue weighted by Gasteiger charge is 2.11. The Kier molecular flexibility index (Phi) is 8.65. The molecule has 1 heterocycles. The second-order valence-electron chi connectivity index (χ2n) is 7.76. The molecule has 1 aromatic heterocycles. The first-order valence-electron chi connectivity index (χ1n) is 10.9. The summed E-state index contributed by atoms with van der Waals surface area (Å²) in [7, 11) is 0. The lowest BCUT2D eigenvalue weighted by atomic mass is 9.98. The summed E-state index contributed by atoms with van der Waals surface area (Å²) >= 11 is 0. The lowest BCUT2D eigenvalue weighted by Crippen LogP contribution is -2.28. The van der Waals surface area contributed by atoms with Gasteiger partial charge in [0, 0.05) is 55.1 Å². The van der Waals surface area contributed by atoms with Crippen molar-refractivity contribution in [3.8, 4) is 11.1 Å². The van der Waals surface area contributed by atoms with E-state index in [1.54, 1.807) is 24.5 Å². The second-order valence-corrected chi connectivity index (χ2v) is 7.76. The summed E-state index contributed by atoms with van der Waals surface area (Å²) in [5.74, 6) is 0. The molecule has 8 N–H and O–H groups in total. The zero-order chi connectivity index (χ0) is 24.3. The van der Waals surface area contributed by atoms with Crippen molar-refractivity contribution in [3.63, 3.8) is 0 Å². The predicted molar refractivity (Wildman–Crippen MR) is 141 cm³/mol. The van der Waals surface area contributed by atoms with Crippen LogP contribution in [-0.4, -0.2) is 47.8 Å². The van der Waals surface area contributed by atoms with Crippen LogP contribution < -0.4 is 17.2 Å². The number of hydrogen-bond acceptors (Lipinski definition) is 7. The van der Waals surface area contributed by atoms with Gasteiger partial charge in [0.05, 0.1) is 24.3 Å². The molecular weight excluding hydrogens is 424 g/mol. The zero-order valence-corrected chi connectivity index (χ0v) is 19.0. The van der Waals surface area contributed by atoms with Crippen LogP contribution in [0.1, 0.15) is 16.7 Å². The number of nitrogen functional groups attached to an aromatic ring is 1. The third-order valence-electron chi connectivity index (χ3n) is 5.29. The smallest absolute Gasteiger partial charge is 0.0862 e. The molecule has 174 valence electrons. The summed E-state index contributed by atoms with van der Waals surface area (Å²) in [5.41, 5.74) is 23.2. The summed E-state index contributed by atoms with van der Waals surface area (Å²) in [6.45, 7) is 2.46. The number of aromatic nitrogens is 1. The number of aliphatic imine (C=N–C) groups is 1. The number of rotatable bonds is 11. The van der Waals surface area contributed by atoms with E-state index in [-0.39, 0.29) is 5.71 Å². The molecule has 3 rings (SSSR count). The van der Waals surface area contributed by atoms with Crippen molar-refractivity contribution in [1.82, 2.24) is 9.88 Å². The molecule has 0 atom stereocenters. The van der Waals surface area contributed by atoms with E-state index in [0.717, 1.165) is 22.3 Å². The number of pyridine rings is 1. The van der Waals surface area contributed by atoms with Crippen LogP contribution >= 0.6 is 0 Å². The predicted octanol–water partition coefficient (Wildman–Crippen LogP) is 3.14. The third-order valence-corrected chi connectivity index (χ3v) is 5.29. The number of nitrogens with zero attached hydrogens (tertiary/aromatic N) is 3. The number of nitrogens with two attached hydrogens (primary N) is 3. The van der Waals surface area contributed by atoms with Crippen molar-refractivity contribution in [1.29, 1.82) is 10.8 Å². The molecule has 3 aromatic rings. The molecule has 0 saturated heterocycles. The molecule has 0 aliphatic rings. The average Bonchev–Trinajstić information content (AvgIpc) is 2.85. The Bertz CT molecular complexity index is 1180. The van der Waals surface area contributed by atoms with Crippen molar-refractivity contribution in [2.75, 3.05) is 25.4 Å². The Morgan fingerprint density at radius 3 is 2.68 bits per heavy atom. The molecule has 0 aliphatic heterocycles. The number of anilines is 1. The third kappa shape index (κ3) is 6.60. The number of benzene rings is 2. The van der Waals surface area contributed by atoms with Gasteiger partial charge in [0.15, 0.2) is 0 Å². The molecule has 0 saturated carbocycles. The fourth-order valence-corrected chi connectivity index (χ4v) is 3.57. The van der Waals surface area contributed by atoms with Crippen molar-refractivity contribution in [2.45, 2.75) is 6.54 Å². The van der Waals surface area contributed by atoms with Crippen LogP contribution in [0.5, 0.6) is 0 Å². The van der Waals surface area contributed by atoms with Crippen LogP contribution in [0.25, 0.3) is 17.2 Å². The summed E-state index contributed by atoms with van der Waals surface area (Å²) in [4.78, 5) is 10.3. The molecule has 2 aromatic carbocycles. The van der Waals surface area contributed by atoms with Crippen LogP contribution in [0.15, 0.2) is 77.7 Å². The molecular formula is C26H30N8. The minimum Gasteiger partial charge on any atom is -0.398 e. The Morgan fingerprint density at radius 1 is 1.09 bits per heavy atom. The van der Waals surface area contributed by atoms with Crippen LogP contribution in [0.3, 0.4) is 0 Å². The monoisotopic (exact) mass is 454 g/mol. The molecule has 0 unspecified atom stereocenters. The highest BCUT2D eigenvalue weighted by molar-refractivity contribution is 6.15. The highest BCUT2D eigenvalue weighted by Crippen LogP contribution is 2.25. The second kappa shape index (κ2) is 12.1. The van der Waals surface area contributed by atoms with Crippen molar-refractivity contribution < 1.29 is 0 Å². The van der Waals surface area contributed by atoms with Gasteiger partial charge in [0.25, 0.3) is 0 Å². The van der Waals surface area contributed by atoms with E-state index in [9.17, 15) is 0 Å². The summed E-state index contributed by atoms with van der Waals surface area (Å²) < 4.78 is 0. The van der Waals surface area contributed by atoms with Crippen LogP contribution in [-0.2, 0) is 6.54 Å². The molecule has 0 amide bonds. The van der Waals surface area contributed by atoms with Gasteiger partial charge in [-0.2, -0.15) is 0 Å². The normalized spacial score (nSPS) is 11.7. The minimum atomic E-state index is 0.165. The number of nitrogens with one attached hydrogen (secondary N) is 2. The van der Waals surface area contributed by atoms with Gasteiger partial charge >= 0.3 is 0 Å². The van der Waals surface area contributed by atoms with E-state index >= 15 is 0 Å². The molecule has 8 heteroatoms. The van der Waals surface area contributed by atoms with E-state index in [1.165, 1.54) is 12.6 Å². The first-order chi connectivity index (χ1) is 16.5. The summed E-state index contributed by atoms with van der Waals surface area (Å²) in [6, 6.07) is 17.3. The lowest BCUT2D eigenvalue weighted by molar-refractivity contribution is 0.314. The van der Waals surface area contributed by atoms with Gasteiger partial charge in [-0.1, -0.05) is 36.4 Å². The van der Waals surface area contributed by atoms with Crippen molar-refractivity contribution >= 4 is 30.0 Å². The Labute approximate surface area is 199 Å². The Hall–Kier alpha value is -4.30. The molecule has 0 spiro atoms. The fraction of sp³-hybridized carbons (Fsp3) is 0.154. The largest absolute Gasteiger partial charge is 0.398 e. The van der Waals surface area contributed by atoms with Gasteiger partial charge in [-0.15, -0.1) is 0 Å². The Morgan fingerprint density at radius 2 is 1.94 bits per heavy atom. The van der Waals surface area contributed by atoms with E-state index in [1.807, 2.05) is 48.5 Å². The highest BCUT2D eigenvalue weighted by atomic mass is 15.1. The Balaban J connectivity index is 1.80. The average molecular weight is 455 g/mol. The number of allylic oxidation sites excluding steroid dienone is 1. The zero-order valence-electron chi connectivity index (χ0n) is 19.0. The quantitative estimate of drug-likeness (QED) is 0.171. The summed E-state index contributed by atoms with van der Waals surface area (Å²) in [5, 5.41) is 16.1. The molecule has 0 bridgehead atoms. The molecule has 8 nitrogen and oxygen atoms in total. The first-order valence-corrected chi connectivity index (χ1v) is 10.9. The molecule has 0 fully saturated rings. The maximum atomic E-state index is 8.66. The fourth-order valence-electron chi connectivity index (χ4n) is 3.57. The number of hydrogen-bond donors (Lipinski definition) is 5.